The molecule has 0 N–H and O–H groups in total. The molecule has 216 valence electrons. The molecule has 43 heavy (non-hydrogen) atoms. The Bertz CT molecular complexity index is 1700. The van der Waals surface area contributed by atoms with Crippen LogP contribution in [0.25, 0.3) is 0 Å². The summed E-state index contributed by atoms with van der Waals surface area (Å²) in [5.41, 5.74) is 1.15. The number of rotatable bonds is 7. The van der Waals surface area contributed by atoms with Crippen LogP contribution in [0.4, 0.5) is 0 Å². The van der Waals surface area contributed by atoms with Crippen molar-refractivity contribution in [2.75, 3.05) is 0 Å². The maximum Gasteiger partial charge on any atom is 0.344 e. The van der Waals surface area contributed by atoms with Gasteiger partial charge in [-0.15, -0.1) is 0 Å². The van der Waals surface area contributed by atoms with E-state index in [4.69, 9.17) is 18.9 Å². The fourth-order valence-electron chi connectivity index (χ4n) is 4.80. The predicted octanol–water partition coefficient (Wildman–Crippen LogP) is 5.74. The lowest BCUT2D eigenvalue weighted by molar-refractivity contribution is -0.149. The third kappa shape index (κ3) is 5.92. The van der Waals surface area contributed by atoms with Gasteiger partial charge in [0.25, 0.3) is 0 Å². The van der Waals surface area contributed by atoms with E-state index in [9.17, 15) is 24.0 Å². The first-order valence-electron chi connectivity index (χ1n) is 13.4. The molecule has 9 heteroatoms. The molecule has 2 heterocycles. The van der Waals surface area contributed by atoms with Gasteiger partial charge in [0.05, 0.1) is 17.0 Å². The molecule has 0 radical (unpaired) electrons. The van der Waals surface area contributed by atoms with Crippen molar-refractivity contribution in [1.82, 2.24) is 0 Å². The molecular weight excluding hydrogens is 552 g/mol. The molecule has 2 aliphatic heterocycles. The molecule has 1 atom stereocenters. The highest BCUT2D eigenvalue weighted by atomic mass is 16.6. The highest BCUT2D eigenvalue weighted by Gasteiger charge is 2.37. The van der Waals surface area contributed by atoms with Crippen LogP contribution in [-0.2, 0) is 19.1 Å². The molecule has 4 aromatic carbocycles. The molecule has 0 spiro atoms. The van der Waals surface area contributed by atoms with Crippen LogP contribution in [0.5, 0.6) is 17.2 Å². The van der Waals surface area contributed by atoms with Crippen molar-refractivity contribution < 1.29 is 42.9 Å². The van der Waals surface area contributed by atoms with Gasteiger partial charge >= 0.3 is 23.9 Å². The normalized spacial score (nSPS) is 12.7. The Morgan fingerprint density at radius 2 is 1.19 bits per heavy atom. The molecule has 0 saturated carbocycles. The number of fused-ring (bicyclic) bond motifs is 3. The Hall–Kier alpha value is -5.57. The van der Waals surface area contributed by atoms with Gasteiger partial charge in [-0.1, -0.05) is 78.9 Å². The van der Waals surface area contributed by atoms with Crippen molar-refractivity contribution in [3.63, 3.8) is 0 Å². The largest absolute Gasteiger partial charge is 0.452 e. The fourth-order valence-corrected chi connectivity index (χ4v) is 4.80. The van der Waals surface area contributed by atoms with Crippen LogP contribution < -0.4 is 14.2 Å². The molecule has 2 aliphatic rings. The molecule has 0 aliphatic carbocycles. The average molecular weight is 579 g/mol. The SMILES string of the molecule is CC(=O)Oc1c2cc(C(C)C(=O)OC(c3ccccc3)c3ccccc3)c(c1OC(C)=O)OC(=O)c1ccccc1C2=O. The maximum absolute atomic E-state index is 13.9. The van der Waals surface area contributed by atoms with Gasteiger partial charge in [0.1, 0.15) is 0 Å². The molecule has 0 amide bonds. The summed E-state index contributed by atoms with van der Waals surface area (Å²) in [5.74, 6) is -6.43. The van der Waals surface area contributed by atoms with E-state index in [0.29, 0.717) is 0 Å². The Balaban J connectivity index is 1.67. The minimum Gasteiger partial charge on any atom is -0.452 e. The van der Waals surface area contributed by atoms with Crippen LogP contribution in [-0.4, -0.2) is 29.7 Å². The molecular formula is C34H26O9. The van der Waals surface area contributed by atoms with Crippen LogP contribution >= 0.6 is 0 Å². The van der Waals surface area contributed by atoms with Gasteiger partial charge in [0.15, 0.2) is 23.4 Å². The fraction of sp³-hybridized carbons (Fsp3) is 0.147. The third-order valence-electron chi connectivity index (χ3n) is 6.80. The second kappa shape index (κ2) is 12.1. The van der Waals surface area contributed by atoms with E-state index in [1.54, 1.807) is 12.1 Å². The van der Waals surface area contributed by atoms with E-state index < -0.39 is 53.2 Å². The molecule has 6 rings (SSSR count). The van der Waals surface area contributed by atoms with E-state index in [2.05, 4.69) is 0 Å². The summed E-state index contributed by atoms with van der Waals surface area (Å²) in [6.07, 6.45) is -0.780. The Kier molecular flexibility index (Phi) is 8.16. The first-order valence-corrected chi connectivity index (χ1v) is 13.4. The van der Waals surface area contributed by atoms with Crippen molar-refractivity contribution in [2.45, 2.75) is 32.8 Å². The first-order chi connectivity index (χ1) is 20.7. The first kappa shape index (κ1) is 28.9. The maximum atomic E-state index is 13.9. The van der Waals surface area contributed by atoms with Gasteiger partial charge in [-0.3, -0.25) is 19.2 Å². The van der Waals surface area contributed by atoms with Gasteiger partial charge in [-0.05, 0) is 30.2 Å². The van der Waals surface area contributed by atoms with Gasteiger partial charge in [0, 0.05) is 25.0 Å². The van der Waals surface area contributed by atoms with Crippen LogP contribution in [0, 0.1) is 0 Å². The molecule has 0 saturated heterocycles. The van der Waals surface area contributed by atoms with Gasteiger partial charge in [-0.25, -0.2) is 4.79 Å². The smallest absolute Gasteiger partial charge is 0.344 e. The Labute approximate surface area is 247 Å². The highest BCUT2D eigenvalue weighted by Crippen LogP contribution is 2.48. The van der Waals surface area contributed by atoms with Crippen LogP contribution in [0.1, 0.15) is 75.8 Å². The lowest BCUT2D eigenvalue weighted by Gasteiger charge is -2.24. The number of ether oxygens (including phenoxy) is 4. The van der Waals surface area contributed by atoms with Crippen molar-refractivity contribution in [2.24, 2.45) is 0 Å². The van der Waals surface area contributed by atoms with Crippen LogP contribution in [0.15, 0.2) is 91.0 Å². The lowest BCUT2D eigenvalue weighted by Crippen LogP contribution is -2.20. The highest BCUT2D eigenvalue weighted by molar-refractivity contribution is 6.17. The number of esters is 4. The summed E-state index contributed by atoms with van der Waals surface area (Å²) in [6, 6.07) is 25.5. The van der Waals surface area contributed by atoms with E-state index in [1.807, 2.05) is 60.7 Å². The Morgan fingerprint density at radius 1 is 0.674 bits per heavy atom. The van der Waals surface area contributed by atoms with E-state index in [1.165, 1.54) is 25.1 Å². The predicted molar refractivity (Wildman–Crippen MR) is 153 cm³/mol. The molecule has 2 bridgehead atoms. The van der Waals surface area contributed by atoms with Crippen molar-refractivity contribution in [3.8, 4) is 17.2 Å². The summed E-state index contributed by atoms with van der Waals surface area (Å²) in [5, 5.41) is 0. The van der Waals surface area contributed by atoms with Crippen molar-refractivity contribution in [3.05, 3.63) is 124 Å². The summed E-state index contributed by atoms with van der Waals surface area (Å²) in [6.45, 7) is 3.70. The Morgan fingerprint density at radius 3 is 1.74 bits per heavy atom. The van der Waals surface area contributed by atoms with Crippen LogP contribution in [0.2, 0.25) is 0 Å². The van der Waals surface area contributed by atoms with Gasteiger partial charge in [0.2, 0.25) is 5.75 Å². The zero-order valence-electron chi connectivity index (χ0n) is 23.5. The quantitative estimate of drug-likeness (QED) is 0.200. The second-order valence-electron chi connectivity index (χ2n) is 9.81. The zero-order valence-corrected chi connectivity index (χ0v) is 23.5. The minimum atomic E-state index is -1.15. The third-order valence-corrected chi connectivity index (χ3v) is 6.80. The van der Waals surface area contributed by atoms with Crippen molar-refractivity contribution >= 4 is 29.7 Å². The number of benzene rings is 4. The molecule has 0 aromatic heterocycles. The van der Waals surface area contributed by atoms with Crippen LogP contribution in [0.3, 0.4) is 0 Å². The van der Waals surface area contributed by atoms with E-state index in [0.717, 1.165) is 25.0 Å². The van der Waals surface area contributed by atoms with Crippen molar-refractivity contribution in [1.29, 1.82) is 0 Å². The molecule has 0 fully saturated rings. The van der Waals surface area contributed by atoms with Gasteiger partial charge < -0.3 is 18.9 Å². The molecule has 9 nitrogen and oxygen atoms in total. The number of ketones is 1. The lowest BCUT2D eigenvalue weighted by atomic mass is 9.92. The molecule has 1 unspecified atom stereocenters. The number of carbonyl (C=O) groups excluding carboxylic acids is 5. The standard InChI is InChI=1S/C34H26O9/c1-19(33(38)42-29(22-12-6-4-7-13-22)23-14-8-5-9-15-23)26-18-27-28(37)24-16-10-11-17-25(24)34(39)43-30(26)32(41-21(3)36)31(27)40-20(2)35/h4-19,29H,1-3H3. The van der Waals surface area contributed by atoms with E-state index in [-0.39, 0.29) is 28.0 Å². The summed E-state index contributed by atoms with van der Waals surface area (Å²) in [4.78, 5) is 65.4. The summed E-state index contributed by atoms with van der Waals surface area (Å²) >= 11 is 0. The van der Waals surface area contributed by atoms with Gasteiger partial charge in [-0.2, -0.15) is 0 Å². The number of hydrogen-bond acceptors (Lipinski definition) is 9. The molecule has 4 aromatic rings. The minimum absolute atomic E-state index is 0.0153. The topological polar surface area (TPSA) is 122 Å². The second-order valence-corrected chi connectivity index (χ2v) is 9.81. The average Bonchev–Trinajstić information content (AvgIpc) is 3.06. The number of hydrogen-bond donors (Lipinski definition) is 0. The monoisotopic (exact) mass is 578 g/mol. The zero-order chi connectivity index (χ0) is 30.7. The summed E-state index contributed by atoms with van der Waals surface area (Å²) in [7, 11) is 0. The summed E-state index contributed by atoms with van der Waals surface area (Å²) < 4.78 is 22.5. The number of carbonyl (C=O) groups is 5. The van der Waals surface area contributed by atoms with E-state index >= 15 is 0 Å².